The number of anilines is 1. The van der Waals surface area contributed by atoms with Crippen LogP contribution >= 0.6 is 11.3 Å². The molecule has 2 rings (SSSR count). The predicted molar refractivity (Wildman–Crippen MR) is 78.2 cm³/mol. The lowest BCUT2D eigenvalue weighted by Gasteiger charge is -2.15. The second kappa shape index (κ2) is 6.13. The number of nitrogens with two attached hydrogens (primary N) is 1. The van der Waals surface area contributed by atoms with Gasteiger partial charge in [-0.1, -0.05) is 0 Å². The number of amides is 2. The van der Waals surface area contributed by atoms with Crippen molar-refractivity contribution in [3.8, 4) is 0 Å². The Morgan fingerprint density at radius 1 is 1.48 bits per heavy atom. The molecule has 2 heterocycles. The van der Waals surface area contributed by atoms with Crippen LogP contribution in [0.5, 0.6) is 0 Å². The summed E-state index contributed by atoms with van der Waals surface area (Å²) in [5.74, 6) is -0.841. The molecule has 21 heavy (non-hydrogen) atoms. The second-order valence-electron chi connectivity index (χ2n) is 4.82. The Labute approximate surface area is 126 Å². The molecular weight excluding hydrogens is 294 g/mol. The van der Waals surface area contributed by atoms with Gasteiger partial charge in [-0.2, -0.15) is 0 Å². The fourth-order valence-corrected chi connectivity index (χ4v) is 3.23. The molecule has 7 nitrogen and oxygen atoms in total. The van der Waals surface area contributed by atoms with Gasteiger partial charge in [0, 0.05) is 26.1 Å². The number of hydrogen-bond donors (Lipinski definition) is 2. The van der Waals surface area contributed by atoms with Crippen LogP contribution in [0.15, 0.2) is 6.07 Å². The van der Waals surface area contributed by atoms with Crippen LogP contribution in [0, 0.1) is 0 Å². The average Bonchev–Trinajstić information content (AvgIpc) is 3.03. The molecule has 0 spiro atoms. The Hall–Kier alpha value is -2.09. The van der Waals surface area contributed by atoms with Crippen molar-refractivity contribution in [3.05, 3.63) is 15.8 Å². The largest absolute Gasteiger partial charge is 0.465 e. The first-order chi connectivity index (χ1) is 9.92. The van der Waals surface area contributed by atoms with Crippen LogP contribution in [0.1, 0.15) is 32.7 Å². The van der Waals surface area contributed by atoms with Crippen molar-refractivity contribution in [1.82, 2.24) is 10.2 Å². The quantitative estimate of drug-likeness (QED) is 0.790. The molecule has 1 aliphatic heterocycles. The minimum atomic E-state index is -0.547. The molecule has 0 aromatic carbocycles. The smallest absolute Gasteiger partial charge is 0.350 e. The number of nitrogen functional groups attached to an aromatic ring is 1. The van der Waals surface area contributed by atoms with Crippen LogP contribution in [0.4, 0.5) is 5.69 Å². The molecule has 114 valence electrons. The van der Waals surface area contributed by atoms with Gasteiger partial charge in [0.2, 0.25) is 5.91 Å². The third-order valence-electron chi connectivity index (χ3n) is 3.23. The van der Waals surface area contributed by atoms with Crippen molar-refractivity contribution in [3.63, 3.8) is 0 Å². The lowest BCUT2D eigenvalue weighted by atomic mass is 10.2. The summed E-state index contributed by atoms with van der Waals surface area (Å²) in [6.07, 6.45) is 0.718. The van der Waals surface area contributed by atoms with Crippen LogP contribution in [0.3, 0.4) is 0 Å². The highest BCUT2D eigenvalue weighted by atomic mass is 32.1. The number of rotatable bonds is 3. The summed E-state index contributed by atoms with van der Waals surface area (Å²) in [5, 5.41) is 2.79. The van der Waals surface area contributed by atoms with E-state index in [-0.39, 0.29) is 28.4 Å². The minimum Gasteiger partial charge on any atom is -0.465 e. The second-order valence-corrected chi connectivity index (χ2v) is 5.88. The first-order valence-electron chi connectivity index (χ1n) is 6.46. The lowest BCUT2D eigenvalue weighted by Crippen LogP contribution is -2.37. The molecule has 0 bridgehead atoms. The first-order valence-corrected chi connectivity index (χ1v) is 7.28. The molecule has 1 aliphatic rings. The van der Waals surface area contributed by atoms with Crippen molar-refractivity contribution in [2.24, 2.45) is 0 Å². The number of carbonyl (C=O) groups is 3. The van der Waals surface area contributed by atoms with Gasteiger partial charge in [0.25, 0.3) is 5.91 Å². The standard InChI is InChI=1S/C13H17N3O4S/c1-7(17)15-8-3-4-16(6-8)12(18)10-5-9(14)11(21-10)13(19)20-2/h5,8H,3-4,6,14H2,1-2H3,(H,15,17). The zero-order chi connectivity index (χ0) is 15.6. The molecule has 3 N–H and O–H groups in total. The maximum Gasteiger partial charge on any atom is 0.350 e. The summed E-state index contributed by atoms with van der Waals surface area (Å²) >= 11 is 1.02. The average molecular weight is 311 g/mol. The Bertz CT molecular complexity index is 584. The monoisotopic (exact) mass is 311 g/mol. The molecule has 1 unspecified atom stereocenters. The van der Waals surface area contributed by atoms with E-state index in [4.69, 9.17) is 5.73 Å². The molecule has 8 heteroatoms. The number of esters is 1. The molecule has 2 amide bonds. The van der Waals surface area contributed by atoms with E-state index in [1.165, 1.54) is 20.1 Å². The van der Waals surface area contributed by atoms with Gasteiger partial charge < -0.3 is 20.7 Å². The third kappa shape index (κ3) is 3.33. The van der Waals surface area contributed by atoms with E-state index in [9.17, 15) is 14.4 Å². The summed E-state index contributed by atoms with van der Waals surface area (Å²) in [4.78, 5) is 37.2. The Morgan fingerprint density at radius 3 is 2.81 bits per heavy atom. The van der Waals surface area contributed by atoms with E-state index < -0.39 is 5.97 Å². The molecule has 1 fully saturated rings. The normalized spacial score (nSPS) is 17.6. The number of methoxy groups -OCH3 is 1. The van der Waals surface area contributed by atoms with Crippen LogP contribution in [0.25, 0.3) is 0 Å². The predicted octanol–water partition coefficient (Wildman–Crippen LogP) is 0.467. The van der Waals surface area contributed by atoms with Crippen LogP contribution in [0.2, 0.25) is 0 Å². The topological polar surface area (TPSA) is 102 Å². The van der Waals surface area contributed by atoms with Crippen molar-refractivity contribution in [2.45, 2.75) is 19.4 Å². The highest BCUT2D eigenvalue weighted by molar-refractivity contribution is 7.16. The van der Waals surface area contributed by atoms with Crippen LogP contribution in [-0.4, -0.2) is 48.9 Å². The number of hydrogen-bond acceptors (Lipinski definition) is 6. The fraction of sp³-hybridized carbons (Fsp3) is 0.462. The Kier molecular flexibility index (Phi) is 4.46. The number of thiophene rings is 1. The van der Waals surface area contributed by atoms with E-state index in [1.54, 1.807) is 4.90 Å². The highest BCUT2D eigenvalue weighted by Crippen LogP contribution is 2.27. The van der Waals surface area contributed by atoms with E-state index in [0.717, 1.165) is 17.8 Å². The fourth-order valence-electron chi connectivity index (χ4n) is 2.27. The molecule has 1 atom stereocenters. The number of nitrogens with one attached hydrogen (secondary N) is 1. The van der Waals surface area contributed by atoms with Crippen molar-refractivity contribution in [1.29, 1.82) is 0 Å². The van der Waals surface area contributed by atoms with Gasteiger partial charge in [-0.25, -0.2) is 4.79 Å². The zero-order valence-electron chi connectivity index (χ0n) is 11.8. The molecular formula is C13H17N3O4S. The van der Waals surface area contributed by atoms with Gasteiger partial charge in [0.05, 0.1) is 17.7 Å². The summed E-state index contributed by atoms with van der Waals surface area (Å²) in [5.41, 5.74) is 5.97. The summed E-state index contributed by atoms with van der Waals surface area (Å²) in [6, 6.07) is 1.47. The van der Waals surface area contributed by atoms with Gasteiger partial charge in [-0.3, -0.25) is 9.59 Å². The Morgan fingerprint density at radius 2 is 2.19 bits per heavy atom. The maximum atomic E-state index is 12.4. The Balaban J connectivity index is 2.08. The van der Waals surface area contributed by atoms with Crippen molar-refractivity contribution >= 4 is 34.8 Å². The SMILES string of the molecule is COC(=O)c1sc(C(=O)N2CCC(NC(C)=O)C2)cc1N. The molecule has 0 aliphatic carbocycles. The molecule has 0 radical (unpaired) electrons. The summed E-state index contributed by atoms with van der Waals surface area (Å²) < 4.78 is 4.62. The summed E-state index contributed by atoms with van der Waals surface area (Å²) in [7, 11) is 1.27. The minimum absolute atomic E-state index is 0.0242. The van der Waals surface area contributed by atoms with E-state index in [2.05, 4.69) is 10.1 Å². The molecule has 1 saturated heterocycles. The van der Waals surface area contributed by atoms with E-state index in [1.807, 2.05) is 0 Å². The zero-order valence-corrected chi connectivity index (χ0v) is 12.7. The molecule has 1 aromatic heterocycles. The number of likely N-dealkylation sites (tertiary alicyclic amines) is 1. The van der Waals surface area contributed by atoms with Crippen LogP contribution in [-0.2, 0) is 9.53 Å². The first kappa shape index (κ1) is 15.3. The molecule has 0 saturated carbocycles. The van der Waals surface area contributed by atoms with Gasteiger partial charge in [-0.05, 0) is 12.5 Å². The maximum absolute atomic E-state index is 12.4. The van der Waals surface area contributed by atoms with E-state index >= 15 is 0 Å². The van der Waals surface area contributed by atoms with Gasteiger partial charge in [-0.15, -0.1) is 11.3 Å². The van der Waals surface area contributed by atoms with Crippen molar-refractivity contribution < 1.29 is 19.1 Å². The highest BCUT2D eigenvalue weighted by Gasteiger charge is 2.29. The third-order valence-corrected chi connectivity index (χ3v) is 4.34. The molecule has 1 aromatic rings. The lowest BCUT2D eigenvalue weighted by molar-refractivity contribution is -0.119. The summed E-state index contributed by atoms with van der Waals surface area (Å²) in [6.45, 7) is 2.48. The van der Waals surface area contributed by atoms with E-state index in [0.29, 0.717) is 18.0 Å². The van der Waals surface area contributed by atoms with Gasteiger partial charge in [0.15, 0.2) is 0 Å². The number of ether oxygens (including phenoxy) is 1. The number of carbonyl (C=O) groups excluding carboxylic acids is 3. The van der Waals surface area contributed by atoms with Crippen molar-refractivity contribution in [2.75, 3.05) is 25.9 Å². The van der Waals surface area contributed by atoms with Crippen LogP contribution < -0.4 is 11.1 Å². The van der Waals surface area contributed by atoms with Gasteiger partial charge >= 0.3 is 5.97 Å². The number of nitrogens with zero attached hydrogens (tertiary/aromatic N) is 1. The van der Waals surface area contributed by atoms with Gasteiger partial charge in [0.1, 0.15) is 4.88 Å².